The van der Waals surface area contributed by atoms with Crippen LogP contribution >= 0.6 is 15.9 Å². The minimum absolute atomic E-state index is 0.261. The quantitative estimate of drug-likeness (QED) is 0.612. The molecule has 1 aliphatic rings. The molecule has 2 heterocycles. The molecule has 1 aromatic heterocycles. The van der Waals surface area contributed by atoms with Crippen molar-refractivity contribution in [2.24, 2.45) is 0 Å². The summed E-state index contributed by atoms with van der Waals surface area (Å²) >= 11 is 3.41. The molecule has 6 nitrogen and oxygen atoms in total. The first-order valence-electron chi connectivity index (χ1n) is 8.24. The van der Waals surface area contributed by atoms with Crippen LogP contribution in [0.4, 0.5) is 4.79 Å². The number of aromatic nitrogens is 1. The minimum atomic E-state index is -0.980. The number of carbonyl (C=O) groups excluding carboxylic acids is 3. The lowest BCUT2D eigenvalue weighted by Crippen LogP contribution is -2.41. The number of aryl methyl sites for hydroxylation is 1. The molecule has 0 saturated carbocycles. The van der Waals surface area contributed by atoms with Crippen molar-refractivity contribution in [3.63, 3.8) is 0 Å². The molecule has 0 radical (unpaired) electrons. The molecule has 1 N–H and O–H groups in total. The molecule has 0 unspecified atom stereocenters. The molecule has 26 heavy (non-hydrogen) atoms. The number of imide groups is 1. The lowest BCUT2D eigenvalue weighted by molar-refractivity contribution is -0.129. The zero-order chi connectivity index (χ0) is 19.2. The van der Waals surface area contributed by atoms with E-state index < -0.39 is 17.5 Å². The van der Waals surface area contributed by atoms with E-state index in [0.717, 1.165) is 26.4 Å². The number of Topliss-reactive ketones (excluding diaryl/α,β-unsaturated/α-hetero) is 1. The van der Waals surface area contributed by atoms with Gasteiger partial charge in [-0.05, 0) is 58.0 Å². The maximum Gasteiger partial charge on any atom is 0.325 e. The van der Waals surface area contributed by atoms with Gasteiger partial charge in [0, 0.05) is 27.1 Å². The van der Waals surface area contributed by atoms with Crippen molar-refractivity contribution < 1.29 is 14.4 Å². The molecule has 0 bridgehead atoms. The predicted molar refractivity (Wildman–Crippen MR) is 102 cm³/mol. The molecular formula is C19H20BrN3O3. The van der Waals surface area contributed by atoms with E-state index in [1.807, 2.05) is 42.7 Å². The van der Waals surface area contributed by atoms with Gasteiger partial charge in [0.05, 0.1) is 6.54 Å². The summed E-state index contributed by atoms with van der Waals surface area (Å²) in [6, 6.07) is 9.05. The molecule has 0 aliphatic carbocycles. The Labute approximate surface area is 160 Å². The average Bonchev–Trinajstić information content (AvgIpc) is 2.96. The number of urea groups is 1. The highest BCUT2D eigenvalue weighted by atomic mass is 79.9. The normalized spacial score (nSPS) is 16.1. The zero-order valence-electron chi connectivity index (χ0n) is 15.1. The Hall–Kier alpha value is -2.41. The van der Waals surface area contributed by atoms with E-state index in [0.29, 0.717) is 5.56 Å². The highest BCUT2D eigenvalue weighted by Gasteiger charge is 2.45. The second-order valence-electron chi connectivity index (χ2n) is 6.97. The molecule has 1 saturated heterocycles. The highest BCUT2D eigenvalue weighted by molar-refractivity contribution is 9.10. The lowest BCUT2D eigenvalue weighted by atomic mass is 10.1. The van der Waals surface area contributed by atoms with Crippen LogP contribution in [0.3, 0.4) is 0 Å². The molecule has 1 aliphatic heterocycles. The Kier molecular flexibility index (Phi) is 4.52. The Morgan fingerprint density at radius 2 is 1.77 bits per heavy atom. The average molecular weight is 418 g/mol. The topological polar surface area (TPSA) is 71.4 Å². The van der Waals surface area contributed by atoms with Crippen molar-refractivity contribution in [3.8, 4) is 5.69 Å². The van der Waals surface area contributed by atoms with Gasteiger partial charge in [0.2, 0.25) is 0 Å². The largest absolute Gasteiger partial charge is 0.325 e. The van der Waals surface area contributed by atoms with E-state index in [9.17, 15) is 14.4 Å². The summed E-state index contributed by atoms with van der Waals surface area (Å²) in [6.07, 6.45) is 0. The number of amides is 3. The van der Waals surface area contributed by atoms with E-state index in [1.165, 1.54) is 0 Å². The summed E-state index contributed by atoms with van der Waals surface area (Å²) in [5, 5.41) is 2.59. The molecule has 1 aromatic carbocycles. The van der Waals surface area contributed by atoms with Gasteiger partial charge in [-0.1, -0.05) is 15.9 Å². The first-order chi connectivity index (χ1) is 12.1. The van der Waals surface area contributed by atoms with Crippen molar-refractivity contribution in [1.82, 2.24) is 14.8 Å². The number of ketones is 1. The first kappa shape index (κ1) is 18.4. The van der Waals surface area contributed by atoms with Gasteiger partial charge >= 0.3 is 6.03 Å². The molecule has 2 aromatic rings. The highest BCUT2D eigenvalue weighted by Crippen LogP contribution is 2.24. The third kappa shape index (κ3) is 3.07. The molecular weight excluding hydrogens is 398 g/mol. The third-order valence-electron chi connectivity index (χ3n) is 4.56. The summed E-state index contributed by atoms with van der Waals surface area (Å²) in [5.41, 5.74) is 2.16. The van der Waals surface area contributed by atoms with Gasteiger partial charge < -0.3 is 9.88 Å². The molecule has 3 rings (SSSR count). The maximum atomic E-state index is 12.8. The minimum Gasteiger partial charge on any atom is -0.324 e. The van der Waals surface area contributed by atoms with Crippen LogP contribution in [0.25, 0.3) is 5.69 Å². The maximum absolute atomic E-state index is 12.8. The van der Waals surface area contributed by atoms with Crippen LogP contribution < -0.4 is 5.32 Å². The van der Waals surface area contributed by atoms with Crippen LogP contribution in [0.1, 0.15) is 35.6 Å². The van der Waals surface area contributed by atoms with Crippen LogP contribution in [0.2, 0.25) is 0 Å². The Morgan fingerprint density at radius 3 is 2.31 bits per heavy atom. The van der Waals surface area contributed by atoms with Crippen LogP contribution in [0, 0.1) is 13.8 Å². The third-order valence-corrected chi connectivity index (χ3v) is 5.09. The van der Waals surface area contributed by atoms with Crippen LogP contribution in [-0.2, 0) is 4.79 Å². The smallest absolute Gasteiger partial charge is 0.324 e. The standard InChI is InChI=1S/C19H20BrN3O3/c1-11-9-15(12(2)23(11)14-7-5-13(20)6-8-14)16(24)10-22-17(25)19(3,4)21-18(22)26/h5-9H,10H2,1-4H3,(H,21,26). The van der Waals surface area contributed by atoms with Crippen molar-refractivity contribution in [3.05, 3.63) is 51.8 Å². The van der Waals surface area contributed by atoms with Gasteiger partial charge in [0.25, 0.3) is 5.91 Å². The summed E-state index contributed by atoms with van der Waals surface area (Å²) in [7, 11) is 0. The molecule has 0 spiro atoms. The van der Waals surface area contributed by atoms with Crippen LogP contribution in [0.15, 0.2) is 34.8 Å². The van der Waals surface area contributed by atoms with E-state index >= 15 is 0 Å². The second-order valence-corrected chi connectivity index (χ2v) is 7.88. The van der Waals surface area contributed by atoms with Crippen molar-refractivity contribution in [1.29, 1.82) is 0 Å². The van der Waals surface area contributed by atoms with Gasteiger partial charge in [-0.25, -0.2) is 4.79 Å². The number of hydrogen-bond donors (Lipinski definition) is 1. The molecule has 3 amide bonds. The number of benzene rings is 1. The number of halogens is 1. The SMILES string of the molecule is Cc1cc(C(=O)CN2C(=O)NC(C)(C)C2=O)c(C)n1-c1ccc(Br)cc1. The van der Waals surface area contributed by atoms with Crippen molar-refractivity contribution in [2.45, 2.75) is 33.2 Å². The van der Waals surface area contributed by atoms with Crippen LogP contribution in [-0.4, -0.2) is 39.3 Å². The number of nitrogens with zero attached hydrogens (tertiary/aromatic N) is 2. The predicted octanol–water partition coefficient (Wildman–Crippen LogP) is 3.37. The van der Waals surface area contributed by atoms with Crippen molar-refractivity contribution >= 4 is 33.7 Å². The fourth-order valence-electron chi connectivity index (χ4n) is 3.22. The number of rotatable bonds is 4. The van der Waals surface area contributed by atoms with Gasteiger partial charge in [0.15, 0.2) is 5.78 Å². The van der Waals surface area contributed by atoms with E-state index in [1.54, 1.807) is 19.9 Å². The number of nitrogens with one attached hydrogen (secondary N) is 1. The zero-order valence-corrected chi connectivity index (χ0v) is 16.7. The first-order valence-corrected chi connectivity index (χ1v) is 9.03. The van der Waals surface area contributed by atoms with Gasteiger partial charge in [-0.15, -0.1) is 0 Å². The van der Waals surface area contributed by atoms with Gasteiger partial charge in [-0.2, -0.15) is 0 Å². The monoisotopic (exact) mass is 417 g/mol. The van der Waals surface area contributed by atoms with Gasteiger partial charge in [0.1, 0.15) is 5.54 Å². The fourth-order valence-corrected chi connectivity index (χ4v) is 3.49. The Balaban J connectivity index is 1.90. The molecule has 0 atom stereocenters. The summed E-state index contributed by atoms with van der Waals surface area (Å²) in [6.45, 7) is 6.76. The summed E-state index contributed by atoms with van der Waals surface area (Å²) in [5.74, 6) is -0.653. The Bertz CT molecular complexity index is 913. The second kappa shape index (κ2) is 6.39. The molecule has 7 heteroatoms. The van der Waals surface area contributed by atoms with Gasteiger partial charge in [-0.3, -0.25) is 14.5 Å². The molecule has 136 valence electrons. The lowest BCUT2D eigenvalue weighted by Gasteiger charge is -2.15. The summed E-state index contributed by atoms with van der Waals surface area (Å²) < 4.78 is 2.95. The molecule has 1 fully saturated rings. The van der Waals surface area contributed by atoms with E-state index in [-0.39, 0.29) is 12.3 Å². The van der Waals surface area contributed by atoms with Crippen molar-refractivity contribution in [2.75, 3.05) is 6.54 Å². The van der Waals surface area contributed by atoms with E-state index in [2.05, 4.69) is 21.2 Å². The Morgan fingerprint density at radius 1 is 1.15 bits per heavy atom. The summed E-state index contributed by atoms with van der Waals surface area (Å²) in [4.78, 5) is 38.1. The fraction of sp³-hybridized carbons (Fsp3) is 0.316. The van der Waals surface area contributed by atoms with Crippen LogP contribution in [0.5, 0.6) is 0 Å². The van der Waals surface area contributed by atoms with E-state index in [4.69, 9.17) is 0 Å². The number of hydrogen-bond acceptors (Lipinski definition) is 3. The number of carbonyl (C=O) groups is 3.